The van der Waals surface area contributed by atoms with Gasteiger partial charge in [0.25, 0.3) is 0 Å². The van der Waals surface area contributed by atoms with E-state index in [9.17, 15) is 9.59 Å². The largest absolute Gasteiger partial charge is 0.464 e. The molecule has 1 aromatic carbocycles. The Hall–Kier alpha value is -3.42. The van der Waals surface area contributed by atoms with E-state index in [1.807, 2.05) is 48.9 Å². The van der Waals surface area contributed by atoms with Gasteiger partial charge in [-0.2, -0.15) is 10.2 Å². The van der Waals surface area contributed by atoms with E-state index in [0.29, 0.717) is 17.8 Å². The highest BCUT2D eigenvalue weighted by molar-refractivity contribution is 6.00. The summed E-state index contributed by atoms with van der Waals surface area (Å²) in [7, 11) is 2.94. The molecule has 8 heteroatoms. The lowest BCUT2D eigenvalue weighted by atomic mass is 10.1. The number of aromatic nitrogens is 4. The number of benzene rings is 1. The second kappa shape index (κ2) is 8.30. The number of para-hydroxylation sites is 1. The molecule has 3 rings (SSSR count). The molecule has 0 saturated heterocycles. The standard InChI is InChI=1S/C21H25N5O3/c1-13-17(15(3)26(24-13)16-9-7-6-8-10-16)11-12-18(27)22-19-14(2)23-25(4)20(19)21(28)29-5/h6-10H,11-12H2,1-5H3,(H,22,27). The highest BCUT2D eigenvalue weighted by atomic mass is 16.5. The molecule has 0 aliphatic rings. The predicted molar refractivity (Wildman–Crippen MR) is 109 cm³/mol. The molecule has 2 aromatic heterocycles. The minimum atomic E-state index is -0.542. The molecule has 0 saturated carbocycles. The van der Waals surface area contributed by atoms with E-state index < -0.39 is 5.97 Å². The third-order valence-corrected chi connectivity index (χ3v) is 4.91. The number of rotatable bonds is 6. The number of amides is 1. The summed E-state index contributed by atoms with van der Waals surface area (Å²) in [4.78, 5) is 24.6. The number of nitrogens with one attached hydrogen (secondary N) is 1. The number of hydrogen-bond acceptors (Lipinski definition) is 5. The Balaban J connectivity index is 1.75. The van der Waals surface area contributed by atoms with Gasteiger partial charge in [0.05, 0.1) is 29.9 Å². The SMILES string of the molecule is COC(=O)c1c(NC(=O)CCc2c(C)nn(-c3ccccc3)c2C)c(C)nn1C. The monoisotopic (exact) mass is 395 g/mol. The van der Waals surface area contributed by atoms with Gasteiger partial charge in [0.2, 0.25) is 5.91 Å². The first-order valence-corrected chi connectivity index (χ1v) is 9.35. The van der Waals surface area contributed by atoms with Crippen molar-refractivity contribution in [1.82, 2.24) is 19.6 Å². The molecule has 8 nitrogen and oxygen atoms in total. The van der Waals surface area contributed by atoms with Gasteiger partial charge < -0.3 is 10.1 Å². The van der Waals surface area contributed by atoms with Gasteiger partial charge in [-0.25, -0.2) is 9.48 Å². The maximum atomic E-state index is 12.6. The van der Waals surface area contributed by atoms with Crippen LogP contribution in [0.4, 0.5) is 5.69 Å². The highest BCUT2D eigenvalue weighted by Crippen LogP contribution is 2.22. The minimum absolute atomic E-state index is 0.197. The van der Waals surface area contributed by atoms with Crippen LogP contribution in [0.5, 0.6) is 0 Å². The Bertz CT molecular complexity index is 1050. The Morgan fingerprint density at radius 2 is 1.76 bits per heavy atom. The quantitative estimate of drug-likeness (QED) is 0.648. The smallest absolute Gasteiger partial charge is 0.358 e. The van der Waals surface area contributed by atoms with E-state index in [4.69, 9.17) is 4.74 Å². The van der Waals surface area contributed by atoms with E-state index in [0.717, 1.165) is 22.6 Å². The highest BCUT2D eigenvalue weighted by Gasteiger charge is 2.22. The molecule has 2 heterocycles. The molecular formula is C21H25N5O3. The number of carbonyl (C=O) groups is 2. The number of nitrogens with zero attached hydrogens (tertiary/aromatic N) is 4. The summed E-state index contributed by atoms with van der Waals surface area (Å²) in [5, 5.41) is 11.6. The maximum Gasteiger partial charge on any atom is 0.358 e. The zero-order valence-corrected chi connectivity index (χ0v) is 17.3. The van der Waals surface area contributed by atoms with Crippen molar-refractivity contribution in [2.45, 2.75) is 33.6 Å². The number of ether oxygens (including phenoxy) is 1. The molecule has 1 N–H and O–H groups in total. The zero-order chi connectivity index (χ0) is 21.1. The first-order chi connectivity index (χ1) is 13.8. The molecule has 0 fully saturated rings. The second-order valence-corrected chi connectivity index (χ2v) is 6.87. The summed E-state index contributed by atoms with van der Waals surface area (Å²) in [6, 6.07) is 9.89. The lowest BCUT2D eigenvalue weighted by molar-refractivity contribution is -0.116. The van der Waals surface area contributed by atoms with Crippen molar-refractivity contribution in [1.29, 1.82) is 0 Å². The van der Waals surface area contributed by atoms with Crippen LogP contribution >= 0.6 is 0 Å². The van der Waals surface area contributed by atoms with E-state index in [2.05, 4.69) is 15.5 Å². The fourth-order valence-electron chi connectivity index (χ4n) is 3.44. The second-order valence-electron chi connectivity index (χ2n) is 6.87. The van der Waals surface area contributed by atoms with Crippen molar-refractivity contribution >= 4 is 17.6 Å². The zero-order valence-electron chi connectivity index (χ0n) is 17.3. The molecular weight excluding hydrogens is 370 g/mol. The lowest BCUT2D eigenvalue weighted by Gasteiger charge is -2.08. The van der Waals surface area contributed by atoms with Crippen molar-refractivity contribution in [3.63, 3.8) is 0 Å². The van der Waals surface area contributed by atoms with E-state index in [1.165, 1.54) is 11.8 Å². The van der Waals surface area contributed by atoms with Crippen LogP contribution in [-0.4, -0.2) is 38.5 Å². The number of hydrogen-bond donors (Lipinski definition) is 1. The van der Waals surface area contributed by atoms with Crippen LogP contribution in [0.15, 0.2) is 30.3 Å². The third-order valence-electron chi connectivity index (χ3n) is 4.91. The first-order valence-electron chi connectivity index (χ1n) is 9.35. The van der Waals surface area contributed by atoms with E-state index in [1.54, 1.807) is 14.0 Å². The van der Waals surface area contributed by atoms with Crippen LogP contribution in [0, 0.1) is 20.8 Å². The van der Waals surface area contributed by atoms with Crippen LogP contribution in [0.3, 0.4) is 0 Å². The predicted octanol–water partition coefficient (Wildman–Crippen LogP) is 2.89. The van der Waals surface area contributed by atoms with Gasteiger partial charge >= 0.3 is 5.97 Å². The van der Waals surface area contributed by atoms with Gasteiger partial charge in [0.15, 0.2) is 5.69 Å². The Morgan fingerprint density at radius 3 is 2.41 bits per heavy atom. The van der Waals surface area contributed by atoms with Crippen LogP contribution in [0.25, 0.3) is 5.69 Å². The molecule has 0 bridgehead atoms. The average molecular weight is 395 g/mol. The Kier molecular flexibility index (Phi) is 5.81. The number of methoxy groups -OCH3 is 1. The van der Waals surface area contributed by atoms with Crippen molar-refractivity contribution in [3.8, 4) is 5.69 Å². The fraction of sp³-hybridized carbons (Fsp3) is 0.333. The van der Waals surface area contributed by atoms with Crippen molar-refractivity contribution in [3.05, 3.63) is 58.7 Å². The van der Waals surface area contributed by atoms with Crippen LogP contribution in [-0.2, 0) is 23.0 Å². The van der Waals surface area contributed by atoms with Gasteiger partial charge in [-0.3, -0.25) is 9.48 Å². The summed E-state index contributed by atoms with van der Waals surface area (Å²) >= 11 is 0. The molecule has 0 radical (unpaired) electrons. The average Bonchev–Trinajstić information content (AvgIpc) is 3.15. The molecule has 1 amide bonds. The summed E-state index contributed by atoms with van der Waals surface area (Å²) in [5.41, 5.74) is 5.10. The van der Waals surface area contributed by atoms with Crippen molar-refractivity contribution in [2.75, 3.05) is 12.4 Å². The summed E-state index contributed by atoms with van der Waals surface area (Å²) in [6.45, 7) is 5.68. The van der Waals surface area contributed by atoms with Crippen LogP contribution in [0.2, 0.25) is 0 Å². The molecule has 0 unspecified atom stereocenters. The molecule has 0 aliphatic carbocycles. The van der Waals surface area contributed by atoms with Crippen LogP contribution in [0.1, 0.15) is 39.6 Å². The number of esters is 1. The Labute approximate surface area is 169 Å². The normalized spacial score (nSPS) is 10.8. The van der Waals surface area contributed by atoms with Gasteiger partial charge in [-0.05, 0) is 44.9 Å². The van der Waals surface area contributed by atoms with E-state index in [-0.39, 0.29) is 18.0 Å². The molecule has 29 heavy (non-hydrogen) atoms. The van der Waals surface area contributed by atoms with Crippen molar-refractivity contribution < 1.29 is 14.3 Å². The first kappa shape index (κ1) is 20.3. The topological polar surface area (TPSA) is 91.0 Å². The minimum Gasteiger partial charge on any atom is -0.464 e. The van der Waals surface area contributed by atoms with Gasteiger partial charge in [-0.15, -0.1) is 0 Å². The number of anilines is 1. The number of carbonyl (C=O) groups excluding carboxylic acids is 2. The summed E-state index contributed by atoms with van der Waals surface area (Å²) in [6.07, 6.45) is 0.806. The number of aryl methyl sites for hydroxylation is 3. The lowest BCUT2D eigenvalue weighted by Crippen LogP contribution is -2.17. The van der Waals surface area contributed by atoms with Crippen molar-refractivity contribution in [2.24, 2.45) is 7.05 Å². The van der Waals surface area contributed by atoms with Gasteiger partial charge in [-0.1, -0.05) is 18.2 Å². The van der Waals surface area contributed by atoms with Gasteiger partial charge in [0, 0.05) is 19.2 Å². The van der Waals surface area contributed by atoms with Crippen LogP contribution < -0.4 is 5.32 Å². The molecule has 0 aliphatic heterocycles. The Morgan fingerprint density at radius 1 is 1.07 bits per heavy atom. The fourth-order valence-corrected chi connectivity index (χ4v) is 3.44. The van der Waals surface area contributed by atoms with Gasteiger partial charge in [0.1, 0.15) is 0 Å². The molecule has 0 atom stereocenters. The maximum absolute atomic E-state index is 12.6. The molecule has 3 aromatic rings. The van der Waals surface area contributed by atoms with E-state index >= 15 is 0 Å². The summed E-state index contributed by atoms with van der Waals surface area (Å²) in [5.74, 6) is -0.739. The molecule has 152 valence electrons. The molecule has 0 spiro atoms. The summed E-state index contributed by atoms with van der Waals surface area (Å²) < 4.78 is 8.10. The third kappa shape index (κ3) is 4.06.